The third-order valence-corrected chi connectivity index (χ3v) is 1.27. The van der Waals surface area contributed by atoms with Gasteiger partial charge >= 0.3 is 17.1 Å². The van der Waals surface area contributed by atoms with Crippen molar-refractivity contribution in [2.75, 3.05) is 6.54 Å². The standard InChI is InChI=1S/C6H14N2O2.Mn.H2O4S/c7-4-2-1-3-5(8)6(9)10;;1-5(2,3)4/h5H,1-4,7-8H2,(H,9,10);;(H2,1,2,3,4)/q;+3;/p-3/t5-;;/m0../s1. The van der Waals surface area contributed by atoms with Crippen LogP contribution < -0.4 is 16.6 Å². The predicted octanol–water partition coefficient (Wildman–Crippen LogP) is -3.15. The predicted molar refractivity (Wildman–Crippen MR) is 46.4 cm³/mol. The number of rotatable bonds is 5. The number of carboxylic acids is 1. The molecule has 0 saturated heterocycles. The number of carbonyl (C=O) groups excluding carboxylic acids is 1. The Hall–Kier alpha value is -0.221. The Morgan fingerprint density at radius 2 is 1.62 bits per heavy atom. The van der Waals surface area contributed by atoms with Crippen molar-refractivity contribution < 1.29 is 44.5 Å². The number of carboxylic acid groups (broad SMARTS) is 1. The fourth-order valence-corrected chi connectivity index (χ4v) is 0.626. The number of nitrogens with two attached hydrogens (primary N) is 2. The molecule has 0 aromatic heterocycles. The molecule has 10 heteroatoms. The molecule has 0 amide bonds. The van der Waals surface area contributed by atoms with E-state index in [0.29, 0.717) is 13.0 Å². The molecule has 0 rings (SSSR count). The molecule has 0 saturated carbocycles. The maximum Gasteiger partial charge on any atom is 3.00 e. The molecule has 16 heavy (non-hydrogen) atoms. The topological polar surface area (TPSA) is 172 Å². The molecule has 0 aliphatic rings. The van der Waals surface area contributed by atoms with Gasteiger partial charge in [-0.15, -0.1) is 0 Å². The maximum atomic E-state index is 10.0. The van der Waals surface area contributed by atoms with E-state index in [1.165, 1.54) is 0 Å². The van der Waals surface area contributed by atoms with Crippen molar-refractivity contribution in [2.24, 2.45) is 11.5 Å². The molecular formula is C6H13MnN2O6S. The number of hydrogen-bond donors (Lipinski definition) is 2. The van der Waals surface area contributed by atoms with Crippen LogP contribution in [0.3, 0.4) is 0 Å². The van der Waals surface area contributed by atoms with Crippen LogP contribution in [-0.2, 0) is 32.3 Å². The van der Waals surface area contributed by atoms with E-state index in [9.17, 15) is 9.90 Å². The normalized spacial score (nSPS) is 11.8. The number of carbonyl (C=O) groups is 1. The van der Waals surface area contributed by atoms with Gasteiger partial charge in [0.05, 0.1) is 5.97 Å². The Morgan fingerprint density at radius 1 is 1.25 bits per heavy atom. The molecule has 96 valence electrons. The summed E-state index contributed by atoms with van der Waals surface area (Å²) in [4.78, 5) is 10.0. The Kier molecular flexibility index (Phi) is 14.9. The van der Waals surface area contributed by atoms with E-state index < -0.39 is 22.4 Å². The fourth-order valence-electron chi connectivity index (χ4n) is 0.626. The van der Waals surface area contributed by atoms with E-state index in [4.69, 9.17) is 29.0 Å². The van der Waals surface area contributed by atoms with Gasteiger partial charge in [0.1, 0.15) is 0 Å². The Labute approximate surface area is 104 Å². The van der Waals surface area contributed by atoms with E-state index in [-0.39, 0.29) is 17.1 Å². The van der Waals surface area contributed by atoms with Gasteiger partial charge in [-0.25, -0.2) is 0 Å². The van der Waals surface area contributed by atoms with Gasteiger partial charge in [-0.2, -0.15) is 0 Å². The first-order valence-corrected chi connectivity index (χ1v) is 5.35. The molecule has 0 aromatic carbocycles. The van der Waals surface area contributed by atoms with Crippen molar-refractivity contribution in [3.63, 3.8) is 0 Å². The molecule has 0 spiro atoms. The SMILES string of the molecule is NCCCC[C@H](N)C(=O)[O-].O=S(=O)([O-])[O-].[Mn+3]. The minimum atomic E-state index is -5.17. The smallest absolute Gasteiger partial charge is 0.759 e. The van der Waals surface area contributed by atoms with E-state index in [2.05, 4.69) is 0 Å². The largest absolute Gasteiger partial charge is 3.00 e. The van der Waals surface area contributed by atoms with E-state index in [1.54, 1.807) is 0 Å². The van der Waals surface area contributed by atoms with Crippen LogP contribution in [0.1, 0.15) is 19.3 Å². The summed E-state index contributed by atoms with van der Waals surface area (Å²) in [6, 6.07) is -0.827. The summed E-state index contributed by atoms with van der Waals surface area (Å²) in [5.74, 6) is -1.18. The third kappa shape index (κ3) is 29.2. The molecule has 0 aliphatic heterocycles. The van der Waals surface area contributed by atoms with Crippen LogP contribution in [0.5, 0.6) is 0 Å². The monoisotopic (exact) mass is 296 g/mol. The number of hydrogen-bond acceptors (Lipinski definition) is 8. The number of aliphatic carboxylic acids is 1. The maximum absolute atomic E-state index is 10.0. The Balaban J connectivity index is -0.000000242. The quantitative estimate of drug-likeness (QED) is 0.231. The molecular weight excluding hydrogens is 283 g/mol. The van der Waals surface area contributed by atoms with E-state index in [0.717, 1.165) is 12.8 Å². The first-order valence-electron chi connectivity index (χ1n) is 4.01. The minimum Gasteiger partial charge on any atom is -0.759 e. The summed E-state index contributed by atoms with van der Waals surface area (Å²) < 4.78 is 34.1. The van der Waals surface area contributed by atoms with Crippen LogP contribution in [-0.4, -0.2) is 36.1 Å². The molecule has 0 radical (unpaired) electrons. The van der Waals surface area contributed by atoms with Crippen molar-refractivity contribution >= 4 is 16.4 Å². The van der Waals surface area contributed by atoms with Gasteiger partial charge in [0.25, 0.3) is 0 Å². The third-order valence-electron chi connectivity index (χ3n) is 1.27. The van der Waals surface area contributed by atoms with Gasteiger partial charge in [0.2, 0.25) is 0 Å². The summed E-state index contributed by atoms with van der Waals surface area (Å²) in [5, 5.41) is 10.0. The fraction of sp³-hybridized carbons (Fsp3) is 0.833. The second kappa shape index (κ2) is 11.3. The molecule has 0 aromatic rings. The zero-order chi connectivity index (χ0) is 12.5. The van der Waals surface area contributed by atoms with Crippen LogP contribution in [0.25, 0.3) is 0 Å². The second-order valence-electron chi connectivity index (χ2n) is 2.62. The van der Waals surface area contributed by atoms with Crippen molar-refractivity contribution in [3.8, 4) is 0 Å². The summed E-state index contributed by atoms with van der Waals surface area (Å²) in [5.41, 5.74) is 10.3. The van der Waals surface area contributed by atoms with Gasteiger partial charge < -0.3 is 30.5 Å². The van der Waals surface area contributed by atoms with Crippen molar-refractivity contribution in [2.45, 2.75) is 25.3 Å². The van der Waals surface area contributed by atoms with Gasteiger partial charge in [-0.05, 0) is 19.4 Å². The summed E-state index contributed by atoms with van der Waals surface area (Å²) >= 11 is 0. The van der Waals surface area contributed by atoms with Gasteiger partial charge in [-0.1, -0.05) is 6.42 Å². The van der Waals surface area contributed by atoms with Crippen LogP contribution in [0, 0.1) is 0 Å². The second-order valence-corrected chi connectivity index (χ2v) is 3.43. The summed E-state index contributed by atoms with van der Waals surface area (Å²) in [6.45, 7) is 0.583. The van der Waals surface area contributed by atoms with Crippen LogP contribution in [0.2, 0.25) is 0 Å². The molecule has 1 atom stereocenters. The molecule has 0 bridgehead atoms. The Morgan fingerprint density at radius 3 is 1.88 bits per heavy atom. The average molecular weight is 296 g/mol. The molecule has 8 nitrogen and oxygen atoms in total. The van der Waals surface area contributed by atoms with Gasteiger partial charge in [0.15, 0.2) is 0 Å². The summed E-state index contributed by atoms with van der Waals surface area (Å²) in [6.07, 6.45) is 2.03. The molecule has 0 unspecified atom stereocenters. The molecule has 0 heterocycles. The first-order chi connectivity index (χ1) is 6.68. The van der Waals surface area contributed by atoms with Gasteiger partial charge in [0, 0.05) is 16.4 Å². The average Bonchev–Trinajstić information content (AvgIpc) is 2.01. The molecule has 4 N–H and O–H groups in total. The molecule has 0 fully saturated rings. The zero-order valence-corrected chi connectivity index (χ0v) is 10.3. The van der Waals surface area contributed by atoms with Crippen molar-refractivity contribution in [3.05, 3.63) is 0 Å². The summed E-state index contributed by atoms with van der Waals surface area (Å²) in [7, 11) is -5.17. The van der Waals surface area contributed by atoms with Crippen molar-refractivity contribution in [1.82, 2.24) is 0 Å². The Bertz CT molecular complexity index is 262. The van der Waals surface area contributed by atoms with E-state index in [1.807, 2.05) is 0 Å². The van der Waals surface area contributed by atoms with Crippen LogP contribution >= 0.6 is 0 Å². The van der Waals surface area contributed by atoms with Gasteiger partial charge in [-0.3, -0.25) is 8.42 Å². The number of unbranched alkanes of at least 4 members (excludes halogenated alkanes) is 1. The van der Waals surface area contributed by atoms with Crippen molar-refractivity contribution in [1.29, 1.82) is 0 Å². The zero-order valence-electron chi connectivity index (χ0n) is 8.30. The van der Waals surface area contributed by atoms with E-state index >= 15 is 0 Å². The molecule has 0 aliphatic carbocycles. The van der Waals surface area contributed by atoms with Crippen LogP contribution in [0.4, 0.5) is 0 Å². The first kappa shape index (κ1) is 21.1. The minimum absolute atomic E-state index is 0. The van der Waals surface area contributed by atoms with Crippen LogP contribution in [0.15, 0.2) is 0 Å².